The second kappa shape index (κ2) is 9.05. The second-order valence-electron chi connectivity index (χ2n) is 8.34. The van der Waals surface area contributed by atoms with Crippen LogP contribution in [-0.4, -0.2) is 18.4 Å². The van der Waals surface area contributed by atoms with Crippen LogP contribution in [0, 0.1) is 5.92 Å². The lowest BCUT2D eigenvalue weighted by Crippen LogP contribution is -2.29. The molecule has 4 nitrogen and oxygen atoms in total. The maximum atomic E-state index is 12.7. The fourth-order valence-corrected chi connectivity index (χ4v) is 4.91. The Morgan fingerprint density at radius 3 is 2.30 bits per heavy atom. The van der Waals surface area contributed by atoms with Gasteiger partial charge in [0, 0.05) is 27.2 Å². The summed E-state index contributed by atoms with van der Waals surface area (Å²) in [4.78, 5) is 25.0. The topological polar surface area (TPSA) is 55.4 Å². The standard InChI is InChI=1S/C27H21Cl2NO3/c28-19-9-4-16(5-10-19)25(31)15-33-27(32)18-8-13-24-23(14-18)21-2-1-3-22(21)26(30-24)17-6-11-20(29)12-7-17/h1-2,4-14,21-22,26,30H,3,15H2. The normalized spacial score (nSPS) is 20.5. The van der Waals surface area contributed by atoms with E-state index >= 15 is 0 Å². The third kappa shape index (κ3) is 4.41. The molecule has 1 aliphatic heterocycles. The molecule has 0 bridgehead atoms. The predicted molar refractivity (Wildman–Crippen MR) is 130 cm³/mol. The minimum absolute atomic E-state index is 0.157. The highest BCUT2D eigenvalue weighted by atomic mass is 35.5. The number of Topliss-reactive ketones (excluding diaryl/α,β-unsaturated/α-hetero) is 1. The van der Waals surface area contributed by atoms with Crippen LogP contribution in [0.1, 0.15) is 50.2 Å². The molecule has 1 heterocycles. The van der Waals surface area contributed by atoms with Gasteiger partial charge in [0.05, 0.1) is 11.6 Å². The highest BCUT2D eigenvalue weighted by molar-refractivity contribution is 6.30. The van der Waals surface area contributed by atoms with Crippen LogP contribution in [-0.2, 0) is 4.74 Å². The molecule has 3 aromatic carbocycles. The van der Waals surface area contributed by atoms with Crippen molar-refractivity contribution < 1.29 is 14.3 Å². The van der Waals surface area contributed by atoms with Gasteiger partial charge in [0.1, 0.15) is 0 Å². The Bertz CT molecular complexity index is 1240. The molecule has 0 saturated carbocycles. The molecule has 0 saturated heterocycles. The van der Waals surface area contributed by atoms with Crippen LogP contribution in [0.4, 0.5) is 5.69 Å². The SMILES string of the molecule is O=C(COC(=O)c1ccc2c(c1)C1C=CCC1C(c1ccc(Cl)cc1)N2)c1ccc(Cl)cc1. The number of halogens is 2. The van der Waals surface area contributed by atoms with Crippen LogP contribution in [0.15, 0.2) is 78.9 Å². The average Bonchev–Trinajstić information content (AvgIpc) is 3.33. The first-order chi connectivity index (χ1) is 16.0. The number of nitrogens with one attached hydrogen (secondary N) is 1. The van der Waals surface area contributed by atoms with E-state index in [-0.39, 0.29) is 24.3 Å². The van der Waals surface area contributed by atoms with E-state index in [2.05, 4.69) is 29.6 Å². The fraction of sp³-hybridized carbons (Fsp3) is 0.185. The number of rotatable bonds is 5. The Balaban J connectivity index is 1.33. The molecular weight excluding hydrogens is 457 g/mol. The third-order valence-electron chi connectivity index (χ3n) is 6.33. The van der Waals surface area contributed by atoms with Gasteiger partial charge in [-0.05, 0) is 78.1 Å². The first kappa shape index (κ1) is 21.7. The summed E-state index contributed by atoms with van der Waals surface area (Å²) in [5, 5.41) is 4.91. The minimum atomic E-state index is -0.515. The van der Waals surface area contributed by atoms with Crippen molar-refractivity contribution in [3.63, 3.8) is 0 Å². The average molecular weight is 478 g/mol. The van der Waals surface area contributed by atoms with E-state index in [0.29, 0.717) is 27.1 Å². The quantitative estimate of drug-likeness (QED) is 0.247. The molecule has 6 heteroatoms. The van der Waals surface area contributed by atoms with E-state index in [1.165, 1.54) is 5.56 Å². The second-order valence-corrected chi connectivity index (χ2v) is 9.21. The molecule has 3 unspecified atom stereocenters. The van der Waals surface area contributed by atoms with Crippen molar-refractivity contribution in [3.05, 3.63) is 111 Å². The Labute approximate surface area is 202 Å². The molecule has 1 aliphatic carbocycles. The Hall–Kier alpha value is -3.08. The molecule has 1 N–H and O–H groups in total. The first-order valence-electron chi connectivity index (χ1n) is 10.8. The van der Waals surface area contributed by atoms with Crippen molar-refractivity contribution in [1.29, 1.82) is 0 Å². The van der Waals surface area contributed by atoms with E-state index in [1.807, 2.05) is 24.3 Å². The summed E-state index contributed by atoms with van der Waals surface area (Å²) in [5.41, 5.74) is 4.14. The van der Waals surface area contributed by atoms with E-state index in [0.717, 1.165) is 17.7 Å². The van der Waals surface area contributed by atoms with Crippen LogP contribution < -0.4 is 5.32 Å². The van der Waals surface area contributed by atoms with Crippen molar-refractivity contribution >= 4 is 40.6 Å². The highest BCUT2D eigenvalue weighted by Crippen LogP contribution is 2.50. The Morgan fingerprint density at radius 2 is 1.58 bits per heavy atom. The van der Waals surface area contributed by atoms with Crippen LogP contribution in [0.2, 0.25) is 10.0 Å². The molecule has 3 atom stereocenters. The molecule has 0 amide bonds. The summed E-state index contributed by atoms with van der Waals surface area (Å²) < 4.78 is 5.31. The molecule has 0 aromatic heterocycles. The molecule has 5 rings (SSSR count). The van der Waals surface area contributed by atoms with Gasteiger partial charge in [-0.1, -0.05) is 47.5 Å². The number of hydrogen-bond donors (Lipinski definition) is 1. The van der Waals surface area contributed by atoms with Crippen LogP contribution in [0.3, 0.4) is 0 Å². The number of ketones is 1. The highest BCUT2D eigenvalue weighted by Gasteiger charge is 2.38. The van der Waals surface area contributed by atoms with Gasteiger partial charge in [-0.3, -0.25) is 4.79 Å². The molecule has 3 aromatic rings. The number of allylic oxidation sites excluding steroid dienone is 2. The molecule has 33 heavy (non-hydrogen) atoms. The Kier molecular flexibility index (Phi) is 5.96. The van der Waals surface area contributed by atoms with Gasteiger partial charge in [-0.25, -0.2) is 4.79 Å². The number of carbonyl (C=O) groups excluding carboxylic acids is 2. The predicted octanol–water partition coefficient (Wildman–Crippen LogP) is 6.86. The van der Waals surface area contributed by atoms with Gasteiger partial charge in [-0.2, -0.15) is 0 Å². The van der Waals surface area contributed by atoms with Crippen LogP contribution in [0.5, 0.6) is 0 Å². The maximum absolute atomic E-state index is 12.7. The van der Waals surface area contributed by atoms with Gasteiger partial charge >= 0.3 is 5.97 Å². The summed E-state index contributed by atoms with van der Waals surface area (Å²) in [6.07, 6.45) is 5.37. The number of hydrogen-bond acceptors (Lipinski definition) is 4. The van der Waals surface area contributed by atoms with Crippen molar-refractivity contribution in [3.8, 4) is 0 Å². The van der Waals surface area contributed by atoms with Gasteiger partial charge in [0.2, 0.25) is 0 Å². The molecule has 0 spiro atoms. The van der Waals surface area contributed by atoms with Crippen LogP contribution in [0.25, 0.3) is 0 Å². The van der Waals surface area contributed by atoms with E-state index in [4.69, 9.17) is 27.9 Å². The molecule has 2 aliphatic rings. The maximum Gasteiger partial charge on any atom is 0.338 e. The zero-order valence-electron chi connectivity index (χ0n) is 17.6. The van der Waals surface area contributed by atoms with Gasteiger partial charge < -0.3 is 10.1 Å². The van der Waals surface area contributed by atoms with Gasteiger partial charge in [-0.15, -0.1) is 0 Å². The van der Waals surface area contributed by atoms with Crippen LogP contribution >= 0.6 is 23.2 Å². The molecule has 0 radical (unpaired) electrons. The number of anilines is 1. The monoisotopic (exact) mass is 477 g/mol. The lowest BCUT2D eigenvalue weighted by molar-refractivity contribution is 0.0474. The lowest BCUT2D eigenvalue weighted by Gasteiger charge is -2.37. The largest absolute Gasteiger partial charge is 0.454 e. The third-order valence-corrected chi connectivity index (χ3v) is 6.83. The van der Waals surface area contributed by atoms with Crippen molar-refractivity contribution in [2.24, 2.45) is 5.92 Å². The number of benzene rings is 3. The van der Waals surface area contributed by atoms with E-state index in [9.17, 15) is 9.59 Å². The van der Waals surface area contributed by atoms with Crippen molar-refractivity contribution in [2.75, 3.05) is 11.9 Å². The van der Waals surface area contributed by atoms with E-state index in [1.54, 1.807) is 30.3 Å². The number of ether oxygens (including phenoxy) is 1. The van der Waals surface area contributed by atoms with Crippen molar-refractivity contribution in [1.82, 2.24) is 0 Å². The zero-order chi connectivity index (χ0) is 22.9. The van der Waals surface area contributed by atoms with Gasteiger partial charge in [0.25, 0.3) is 0 Å². The number of esters is 1. The number of carbonyl (C=O) groups is 2. The fourth-order valence-electron chi connectivity index (χ4n) is 4.66. The smallest absolute Gasteiger partial charge is 0.338 e. The summed E-state index contributed by atoms with van der Waals surface area (Å²) >= 11 is 11.9. The number of fused-ring (bicyclic) bond motifs is 3. The van der Waals surface area contributed by atoms with Crippen molar-refractivity contribution in [2.45, 2.75) is 18.4 Å². The molecule has 0 fully saturated rings. The zero-order valence-corrected chi connectivity index (χ0v) is 19.1. The summed E-state index contributed by atoms with van der Waals surface area (Å²) in [6.45, 7) is -0.319. The summed E-state index contributed by atoms with van der Waals surface area (Å²) in [7, 11) is 0. The molecule has 166 valence electrons. The lowest BCUT2D eigenvalue weighted by atomic mass is 9.76. The molecular formula is C27H21Cl2NO3. The minimum Gasteiger partial charge on any atom is -0.454 e. The summed E-state index contributed by atoms with van der Waals surface area (Å²) in [6, 6.07) is 20.1. The Morgan fingerprint density at radius 1 is 0.909 bits per heavy atom. The van der Waals surface area contributed by atoms with E-state index < -0.39 is 5.97 Å². The summed E-state index contributed by atoms with van der Waals surface area (Å²) in [5.74, 6) is -0.246. The first-order valence-corrected chi connectivity index (χ1v) is 11.5. The van der Waals surface area contributed by atoms with Gasteiger partial charge in [0.15, 0.2) is 12.4 Å².